The van der Waals surface area contributed by atoms with E-state index in [1.807, 2.05) is 22.9 Å². The van der Waals surface area contributed by atoms with Crippen molar-refractivity contribution in [1.82, 2.24) is 14.9 Å². The summed E-state index contributed by atoms with van der Waals surface area (Å²) in [6, 6.07) is 7.23. The molecule has 0 aliphatic carbocycles. The quantitative estimate of drug-likeness (QED) is 0.626. The summed E-state index contributed by atoms with van der Waals surface area (Å²) in [4.78, 5) is 27.1. The summed E-state index contributed by atoms with van der Waals surface area (Å²) >= 11 is 0. The van der Waals surface area contributed by atoms with Gasteiger partial charge in [0.2, 0.25) is 0 Å². The first-order valence-corrected chi connectivity index (χ1v) is 7.23. The lowest BCUT2D eigenvalue weighted by atomic mass is 10.2. The van der Waals surface area contributed by atoms with Gasteiger partial charge in [-0.2, -0.15) is 0 Å². The number of carbonyl (C=O) groups excluding carboxylic acids is 2. The van der Waals surface area contributed by atoms with Crippen molar-refractivity contribution in [3.63, 3.8) is 0 Å². The molecule has 6 heteroatoms. The fourth-order valence-corrected chi connectivity index (χ4v) is 1.97. The zero-order chi connectivity index (χ0) is 15.8. The minimum absolute atomic E-state index is 0.152. The number of esters is 1. The van der Waals surface area contributed by atoms with Crippen LogP contribution in [0.25, 0.3) is 5.69 Å². The first-order chi connectivity index (χ1) is 10.7. The molecule has 1 aromatic carbocycles. The third kappa shape index (κ3) is 4.44. The van der Waals surface area contributed by atoms with Crippen LogP contribution in [0.2, 0.25) is 0 Å². The van der Waals surface area contributed by atoms with Gasteiger partial charge in [-0.1, -0.05) is 0 Å². The van der Waals surface area contributed by atoms with Crippen LogP contribution >= 0.6 is 0 Å². The number of carbonyl (C=O) groups is 2. The predicted molar refractivity (Wildman–Crippen MR) is 81.8 cm³/mol. The lowest BCUT2D eigenvalue weighted by molar-refractivity contribution is -0.143. The summed E-state index contributed by atoms with van der Waals surface area (Å²) in [5.41, 5.74) is 1.52. The Morgan fingerprint density at radius 3 is 2.68 bits per heavy atom. The third-order valence-corrected chi connectivity index (χ3v) is 3.08. The summed E-state index contributed by atoms with van der Waals surface area (Å²) in [6.45, 7) is 2.60. The number of nitrogens with one attached hydrogen (secondary N) is 1. The number of ether oxygens (including phenoxy) is 1. The Balaban J connectivity index is 1.79. The van der Waals surface area contributed by atoms with Gasteiger partial charge in [0, 0.05) is 36.6 Å². The smallest absolute Gasteiger partial charge is 0.305 e. The molecule has 2 rings (SSSR count). The second kappa shape index (κ2) is 7.97. The average Bonchev–Trinajstić information content (AvgIpc) is 3.06. The molecule has 1 N–H and O–H groups in total. The van der Waals surface area contributed by atoms with Gasteiger partial charge < -0.3 is 14.6 Å². The second-order valence-electron chi connectivity index (χ2n) is 4.68. The molecule has 0 fully saturated rings. The summed E-state index contributed by atoms with van der Waals surface area (Å²) < 4.78 is 6.69. The summed E-state index contributed by atoms with van der Waals surface area (Å²) in [5, 5.41) is 2.78. The number of hydrogen-bond donors (Lipinski definition) is 1. The molecule has 6 nitrogen and oxygen atoms in total. The number of nitrogens with zero attached hydrogens (tertiary/aromatic N) is 2. The van der Waals surface area contributed by atoms with Crippen molar-refractivity contribution >= 4 is 11.9 Å². The van der Waals surface area contributed by atoms with Crippen LogP contribution in [0.1, 0.15) is 30.1 Å². The Morgan fingerprint density at radius 1 is 1.27 bits per heavy atom. The van der Waals surface area contributed by atoms with E-state index in [0.717, 1.165) is 5.69 Å². The van der Waals surface area contributed by atoms with Crippen LogP contribution in [0.4, 0.5) is 0 Å². The van der Waals surface area contributed by atoms with E-state index in [1.165, 1.54) is 0 Å². The number of imidazole rings is 1. The minimum atomic E-state index is -0.235. The maximum atomic E-state index is 12.0. The average molecular weight is 301 g/mol. The SMILES string of the molecule is CCOC(=O)CCCNC(=O)c1ccc(-n2ccnc2)cc1. The summed E-state index contributed by atoms with van der Waals surface area (Å²) in [7, 11) is 0. The van der Waals surface area contributed by atoms with E-state index in [1.54, 1.807) is 31.6 Å². The van der Waals surface area contributed by atoms with Crippen molar-refractivity contribution in [2.45, 2.75) is 19.8 Å². The van der Waals surface area contributed by atoms with Crippen LogP contribution in [0.15, 0.2) is 43.0 Å². The Kier molecular flexibility index (Phi) is 5.71. The highest BCUT2D eigenvalue weighted by Gasteiger charge is 2.06. The topological polar surface area (TPSA) is 73.2 Å². The van der Waals surface area contributed by atoms with E-state index in [-0.39, 0.29) is 11.9 Å². The Morgan fingerprint density at radius 2 is 2.05 bits per heavy atom. The summed E-state index contributed by atoms with van der Waals surface area (Å²) in [6.07, 6.45) is 6.12. The number of aromatic nitrogens is 2. The molecule has 0 radical (unpaired) electrons. The monoisotopic (exact) mass is 301 g/mol. The van der Waals surface area contributed by atoms with Gasteiger partial charge in [0.25, 0.3) is 5.91 Å². The molecule has 22 heavy (non-hydrogen) atoms. The number of hydrogen-bond acceptors (Lipinski definition) is 4. The number of rotatable bonds is 7. The van der Waals surface area contributed by atoms with E-state index >= 15 is 0 Å². The molecular formula is C16H19N3O3. The van der Waals surface area contributed by atoms with E-state index in [2.05, 4.69) is 10.3 Å². The lowest BCUT2D eigenvalue weighted by Crippen LogP contribution is -2.25. The molecule has 0 saturated heterocycles. The molecule has 1 aromatic heterocycles. The van der Waals surface area contributed by atoms with Crippen LogP contribution in [0.3, 0.4) is 0 Å². The van der Waals surface area contributed by atoms with Gasteiger partial charge in [-0.3, -0.25) is 9.59 Å². The molecule has 0 aliphatic heterocycles. The van der Waals surface area contributed by atoms with E-state index in [9.17, 15) is 9.59 Å². The van der Waals surface area contributed by atoms with E-state index in [0.29, 0.717) is 31.6 Å². The van der Waals surface area contributed by atoms with Gasteiger partial charge >= 0.3 is 5.97 Å². The fourth-order valence-electron chi connectivity index (χ4n) is 1.97. The van der Waals surface area contributed by atoms with Gasteiger partial charge in [0.1, 0.15) is 0 Å². The highest BCUT2D eigenvalue weighted by atomic mass is 16.5. The first kappa shape index (κ1) is 15.8. The largest absolute Gasteiger partial charge is 0.466 e. The van der Waals surface area contributed by atoms with Crippen LogP contribution in [-0.2, 0) is 9.53 Å². The minimum Gasteiger partial charge on any atom is -0.466 e. The second-order valence-corrected chi connectivity index (χ2v) is 4.68. The standard InChI is InChI=1S/C16H19N3O3/c1-2-22-15(20)4-3-9-18-16(21)13-5-7-14(8-6-13)19-11-10-17-12-19/h5-8,10-12H,2-4,9H2,1H3,(H,18,21). The van der Waals surface area contributed by atoms with Crippen molar-refractivity contribution in [3.8, 4) is 5.69 Å². The van der Waals surface area contributed by atoms with Crippen LogP contribution in [0.5, 0.6) is 0 Å². The maximum Gasteiger partial charge on any atom is 0.305 e. The molecule has 0 saturated carbocycles. The molecule has 0 bridgehead atoms. The number of benzene rings is 1. The van der Waals surface area contributed by atoms with Crippen LogP contribution in [0, 0.1) is 0 Å². The van der Waals surface area contributed by atoms with Gasteiger partial charge in [-0.25, -0.2) is 4.98 Å². The van der Waals surface area contributed by atoms with Crippen molar-refractivity contribution in [2.24, 2.45) is 0 Å². The molecule has 0 atom stereocenters. The number of amides is 1. The molecule has 0 aliphatic rings. The summed E-state index contributed by atoms with van der Waals surface area (Å²) in [5.74, 6) is -0.387. The van der Waals surface area contributed by atoms with E-state index < -0.39 is 0 Å². The van der Waals surface area contributed by atoms with Gasteiger partial charge in [0.15, 0.2) is 0 Å². The maximum absolute atomic E-state index is 12.0. The van der Waals surface area contributed by atoms with Crippen LogP contribution < -0.4 is 5.32 Å². The normalized spacial score (nSPS) is 10.2. The Bertz CT molecular complexity index is 606. The lowest BCUT2D eigenvalue weighted by Gasteiger charge is -2.07. The van der Waals surface area contributed by atoms with Crippen molar-refractivity contribution < 1.29 is 14.3 Å². The zero-order valence-corrected chi connectivity index (χ0v) is 12.5. The highest BCUT2D eigenvalue weighted by molar-refractivity contribution is 5.94. The zero-order valence-electron chi connectivity index (χ0n) is 12.5. The molecule has 1 amide bonds. The molecule has 0 spiro atoms. The van der Waals surface area contributed by atoms with Crippen molar-refractivity contribution in [2.75, 3.05) is 13.2 Å². The van der Waals surface area contributed by atoms with Crippen molar-refractivity contribution in [1.29, 1.82) is 0 Å². The third-order valence-electron chi connectivity index (χ3n) is 3.08. The molecule has 1 heterocycles. The molecular weight excluding hydrogens is 282 g/mol. The Labute approximate surface area is 129 Å². The van der Waals surface area contributed by atoms with Gasteiger partial charge in [-0.15, -0.1) is 0 Å². The first-order valence-electron chi connectivity index (χ1n) is 7.23. The van der Waals surface area contributed by atoms with Gasteiger partial charge in [0.05, 0.1) is 12.9 Å². The van der Waals surface area contributed by atoms with Crippen LogP contribution in [-0.4, -0.2) is 34.6 Å². The highest BCUT2D eigenvalue weighted by Crippen LogP contribution is 2.09. The van der Waals surface area contributed by atoms with Crippen molar-refractivity contribution in [3.05, 3.63) is 48.5 Å². The van der Waals surface area contributed by atoms with Gasteiger partial charge in [-0.05, 0) is 37.6 Å². The molecule has 2 aromatic rings. The Hall–Kier alpha value is -2.63. The molecule has 0 unspecified atom stereocenters. The van der Waals surface area contributed by atoms with E-state index in [4.69, 9.17) is 4.74 Å². The predicted octanol–water partition coefficient (Wildman–Crippen LogP) is 1.95. The fraction of sp³-hybridized carbons (Fsp3) is 0.312. The molecule has 116 valence electrons.